The molecule has 1 aromatic heterocycles. The van der Waals surface area contributed by atoms with Crippen LogP contribution in [0.1, 0.15) is 31.7 Å². The standard InChI is InChI=1S/C17H19Cl2F3N6O2S/c1-3-4-5-13(29)26-27-16(28-15(23)12(8-24-28)31(2)30)25-14-10(18)6-9(7-11(14)19)17(20,21)22/h6-8H,3-5,23H2,1-2H3,(H,25,27)(H,26,29). The summed E-state index contributed by atoms with van der Waals surface area (Å²) in [4.78, 5) is 16.3. The second-order valence-electron chi connectivity index (χ2n) is 6.26. The van der Waals surface area contributed by atoms with Gasteiger partial charge in [0, 0.05) is 12.7 Å². The molecule has 0 bridgehead atoms. The van der Waals surface area contributed by atoms with E-state index < -0.39 is 22.5 Å². The van der Waals surface area contributed by atoms with Gasteiger partial charge in [-0.05, 0) is 18.6 Å². The predicted molar refractivity (Wildman–Crippen MR) is 114 cm³/mol. The average molecular weight is 499 g/mol. The molecule has 0 aliphatic rings. The quantitative estimate of drug-likeness (QED) is 0.328. The summed E-state index contributed by atoms with van der Waals surface area (Å²) < 4.78 is 51.7. The van der Waals surface area contributed by atoms with E-state index in [9.17, 15) is 22.2 Å². The lowest BCUT2D eigenvalue weighted by Gasteiger charge is -2.14. The van der Waals surface area contributed by atoms with Gasteiger partial charge in [0.2, 0.25) is 11.9 Å². The summed E-state index contributed by atoms with van der Waals surface area (Å²) in [6.07, 6.45) is -0.383. The number of nitrogen functional groups attached to an aromatic ring is 1. The van der Waals surface area contributed by atoms with Crippen LogP contribution in [0.25, 0.3) is 0 Å². The van der Waals surface area contributed by atoms with Gasteiger partial charge in [0.05, 0.1) is 32.6 Å². The second-order valence-corrected chi connectivity index (χ2v) is 8.42. The summed E-state index contributed by atoms with van der Waals surface area (Å²) >= 11 is 12.0. The number of anilines is 1. The monoisotopic (exact) mass is 498 g/mol. The van der Waals surface area contributed by atoms with Gasteiger partial charge in [-0.25, -0.2) is 4.99 Å². The number of halogens is 5. The molecule has 2 rings (SSSR count). The van der Waals surface area contributed by atoms with Crippen molar-refractivity contribution < 1.29 is 22.2 Å². The van der Waals surface area contributed by atoms with Crippen LogP contribution < -0.4 is 16.6 Å². The summed E-state index contributed by atoms with van der Waals surface area (Å²) in [5.74, 6) is -0.652. The Bertz CT molecular complexity index is 1000. The first-order valence-electron chi connectivity index (χ1n) is 8.82. The van der Waals surface area contributed by atoms with Crippen molar-refractivity contribution in [2.24, 2.45) is 4.99 Å². The number of nitrogens with zero attached hydrogens (tertiary/aromatic N) is 3. The Balaban J connectivity index is 2.51. The summed E-state index contributed by atoms with van der Waals surface area (Å²) in [7, 11) is -1.48. The molecule has 0 saturated carbocycles. The summed E-state index contributed by atoms with van der Waals surface area (Å²) in [6.45, 7) is 1.92. The highest BCUT2D eigenvalue weighted by Crippen LogP contribution is 2.40. The fourth-order valence-corrected chi connectivity index (χ4v) is 3.48. The van der Waals surface area contributed by atoms with Gasteiger partial charge in [0.1, 0.15) is 16.4 Å². The van der Waals surface area contributed by atoms with Crippen LogP contribution in [0.4, 0.5) is 24.7 Å². The molecule has 8 nitrogen and oxygen atoms in total. The fourth-order valence-electron chi connectivity index (χ4n) is 2.33. The van der Waals surface area contributed by atoms with Gasteiger partial charge < -0.3 is 5.73 Å². The smallest absolute Gasteiger partial charge is 0.382 e. The minimum atomic E-state index is -4.66. The van der Waals surface area contributed by atoms with E-state index in [1.54, 1.807) is 0 Å². The van der Waals surface area contributed by atoms with Crippen molar-refractivity contribution in [3.8, 4) is 0 Å². The maximum absolute atomic E-state index is 13.0. The first-order chi connectivity index (χ1) is 14.5. The van der Waals surface area contributed by atoms with E-state index in [4.69, 9.17) is 28.9 Å². The number of unbranched alkanes of at least 4 members (excludes halogenated alkanes) is 1. The number of aliphatic imine (C=N–C) groups is 1. The van der Waals surface area contributed by atoms with Gasteiger partial charge in [0.15, 0.2) is 0 Å². The molecule has 4 N–H and O–H groups in total. The van der Waals surface area contributed by atoms with Crippen LogP contribution in [0.3, 0.4) is 0 Å². The van der Waals surface area contributed by atoms with Gasteiger partial charge in [-0.2, -0.15) is 23.0 Å². The van der Waals surface area contributed by atoms with Crippen molar-refractivity contribution >= 4 is 57.4 Å². The zero-order chi connectivity index (χ0) is 23.3. The Morgan fingerprint density at radius 1 is 1.29 bits per heavy atom. The minimum absolute atomic E-state index is 0.0611. The van der Waals surface area contributed by atoms with E-state index in [2.05, 4.69) is 20.9 Å². The molecule has 0 aliphatic heterocycles. The molecule has 170 valence electrons. The SMILES string of the molecule is CCCCC(=O)NNC(=Nc1c(Cl)cc(C(F)(F)F)cc1Cl)n1ncc(S(C)=O)c1N. The highest BCUT2D eigenvalue weighted by atomic mass is 35.5. The molecular formula is C17H19Cl2F3N6O2S. The summed E-state index contributed by atoms with van der Waals surface area (Å²) in [5.41, 5.74) is 9.62. The number of nitrogens with two attached hydrogens (primary N) is 1. The third-order valence-electron chi connectivity index (χ3n) is 3.91. The summed E-state index contributed by atoms with van der Waals surface area (Å²) in [5, 5.41) is 3.20. The van der Waals surface area contributed by atoms with Crippen molar-refractivity contribution in [2.45, 2.75) is 37.3 Å². The number of aromatic nitrogens is 2. The lowest BCUT2D eigenvalue weighted by Crippen LogP contribution is -2.45. The number of amides is 1. The van der Waals surface area contributed by atoms with Gasteiger partial charge in [0.25, 0.3) is 0 Å². The molecule has 0 spiro atoms. The number of hydrazine groups is 1. The molecular weight excluding hydrogens is 480 g/mol. The van der Waals surface area contributed by atoms with Crippen molar-refractivity contribution in [1.29, 1.82) is 0 Å². The maximum atomic E-state index is 13.0. The summed E-state index contributed by atoms with van der Waals surface area (Å²) in [6, 6.07) is 1.34. The highest BCUT2D eigenvalue weighted by molar-refractivity contribution is 7.84. The number of carbonyl (C=O) groups is 1. The molecule has 0 saturated heterocycles. The lowest BCUT2D eigenvalue weighted by molar-refractivity contribution is -0.137. The second kappa shape index (κ2) is 10.3. The van der Waals surface area contributed by atoms with Crippen LogP contribution in [-0.2, 0) is 21.8 Å². The van der Waals surface area contributed by atoms with E-state index in [0.29, 0.717) is 18.6 Å². The van der Waals surface area contributed by atoms with Crippen LogP contribution >= 0.6 is 23.2 Å². The Hall–Kier alpha value is -2.31. The van der Waals surface area contributed by atoms with Crippen LogP contribution in [0.2, 0.25) is 10.0 Å². The van der Waals surface area contributed by atoms with E-state index in [0.717, 1.165) is 11.1 Å². The topological polar surface area (TPSA) is 114 Å². The van der Waals surface area contributed by atoms with E-state index in [1.807, 2.05) is 6.92 Å². The zero-order valence-electron chi connectivity index (χ0n) is 16.4. The molecule has 0 fully saturated rings. The molecule has 1 amide bonds. The minimum Gasteiger partial charge on any atom is -0.382 e. The zero-order valence-corrected chi connectivity index (χ0v) is 18.7. The third-order valence-corrected chi connectivity index (χ3v) is 5.42. The molecule has 1 heterocycles. The van der Waals surface area contributed by atoms with E-state index in [1.165, 1.54) is 12.5 Å². The van der Waals surface area contributed by atoms with Gasteiger partial charge >= 0.3 is 6.18 Å². The van der Waals surface area contributed by atoms with E-state index >= 15 is 0 Å². The lowest BCUT2D eigenvalue weighted by atomic mass is 10.2. The van der Waals surface area contributed by atoms with E-state index in [-0.39, 0.29) is 44.7 Å². The number of hydrogen-bond donors (Lipinski definition) is 3. The number of alkyl halides is 3. The molecule has 0 radical (unpaired) electrons. The number of carbonyl (C=O) groups excluding carboxylic acids is 1. The molecule has 14 heteroatoms. The molecule has 2 aromatic rings. The first kappa shape index (κ1) is 25.0. The van der Waals surface area contributed by atoms with Gasteiger partial charge in [-0.3, -0.25) is 19.9 Å². The first-order valence-corrected chi connectivity index (χ1v) is 11.1. The van der Waals surface area contributed by atoms with Gasteiger partial charge in [-0.15, -0.1) is 0 Å². The Labute approximate surface area is 188 Å². The molecule has 1 atom stereocenters. The van der Waals surface area contributed by atoms with Crippen molar-refractivity contribution in [1.82, 2.24) is 20.6 Å². The predicted octanol–water partition coefficient (Wildman–Crippen LogP) is 3.88. The van der Waals surface area contributed by atoms with Crippen LogP contribution in [0.5, 0.6) is 0 Å². The van der Waals surface area contributed by atoms with Crippen molar-refractivity contribution in [2.75, 3.05) is 12.0 Å². The highest BCUT2D eigenvalue weighted by Gasteiger charge is 2.32. The average Bonchev–Trinajstić information content (AvgIpc) is 3.06. The number of benzene rings is 1. The molecule has 1 aromatic carbocycles. The van der Waals surface area contributed by atoms with Crippen molar-refractivity contribution in [3.05, 3.63) is 33.9 Å². The van der Waals surface area contributed by atoms with Gasteiger partial charge in [-0.1, -0.05) is 36.5 Å². The fraction of sp³-hybridized carbons (Fsp3) is 0.353. The number of nitrogens with one attached hydrogen (secondary N) is 2. The number of hydrogen-bond acceptors (Lipinski definition) is 5. The third kappa shape index (κ3) is 6.34. The Morgan fingerprint density at radius 2 is 1.90 bits per heavy atom. The number of rotatable bonds is 5. The Kier molecular flexibility index (Phi) is 8.32. The van der Waals surface area contributed by atoms with Crippen LogP contribution in [0.15, 0.2) is 28.2 Å². The Morgan fingerprint density at radius 3 is 2.39 bits per heavy atom. The van der Waals surface area contributed by atoms with Crippen LogP contribution in [-0.4, -0.2) is 32.1 Å². The maximum Gasteiger partial charge on any atom is 0.416 e. The molecule has 31 heavy (non-hydrogen) atoms. The normalized spacial score (nSPS) is 13.2. The molecule has 1 unspecified atom stereocenters. The van der Waals surface area contributed by atoms with Crippen molar-refractivity contribution in [3.63, 3.8) is 0 Å². The molecule has 0 aliphatic carbocycles. The largest absolute Gasteiger partial charge is 0.416 e. The van der Waals surface area contributed by atoms with Crippen LogP contribution in [0, 0.1) is 0 Å².